The van der Waals surface area contributed by atoms with E-state index in [0.717, 1.165) is 19.3 Å². The molecule has 2 N–H and O–H groups in total. The Morgan fingerprint density at radius 1 is 1.55 bits per heavy atom. The fraction of sp³-hybridized carbons (Fsp3) is 0.562. The Morgan fingerprint density at radius 2 is 2.30 bits per heavy atom. The van der Waals surface area contributed by atoms with E-state index in [0.29, 0.717) is 22.9 Å². The lowest BCUT2D eigenvalue weighted by Crippen LogP contribution is -2.52. The van der Waals surface area contributed by atoms with Crippen LogP contribution in [0.5, 0.6) is 5.75 Å². The van der Waals surface area contributed by atoms with Crippen molar-refractivity contribution in [2.75, 3.05) is 5.88 Å². The molecule has 0 heterocycles. The van der Waals surface area contributed by atoms with Gasteiger partial charge >= 0.3 is 0 Å². The molecule has 1 saturated carbocycles. The summed E-state index contributed by atoms with van der Waals surface area (Å²) in [6.45, 7) is 3.95. The third kappa shape index (κ3) is 3.09. The van der Waals surface area contributed by atoms with E-state index in [1.807, 2.05) is 0 Å². The van der Waals surface area contributed by atoms with Crippen LogP contribution in [0, 0.1) is 12.8 Å². The first kappa shape index (κ1) is 15.2. The smallest absolute Gasteiger partial charge is 0.252 e. The molecular formula is C16H22ClNO2. The number of nitrogens with one attached hydrogen (secondary N) is 1. The van der Waals surface area contributed by atoms with Crippen molar-refractivity contribution in [3.63, 3.8) is 0 Å². The monoisotopic (exact) mass is 295 g/mol. The van der Waals surface area contributed by atoms with Crippen LogP contribution in [-0.2, 0) is 0 Å². The molecule has 110 valence electrons. The second-order valence-corrected chi connectivity index (χ2v) is 6.29. The van der Waals surface area contributed by atoms with Crippen LogP contribution in [0.1, 0.15) is 48.5 Å². The maximum absolute atomic E-state index is 12.5. The van der Waals surface area contributed by atoms with Gasteiger partial charge in [-0.2, -0.15) is 0 Å². The van der Waals surface area contributed by atoms with E-state index >= 15 is 0 Å². The second kappa shape index (κ2) is 6.04. The number of alkyl halides is 1. The average Bonchev–Trinajstić information content (AvgIpc) is 2.41. The van der Waals surface area contributed by atoms with Gasteiger partial charge in [-0.15, -0.1) is 11.6 Å². The number of rotatable bonds is 3. The molecule has 1 aliphatic rings. The van der Waals surface area contributed by atoms with Crippen LogP contribution in [0.2, 0.25) is 0 Å². The largest absolute Gasteiger partial charge is 0.508 e. The van der Waals surface area contributed by atoms with Crippen molar-refractivity contribution in [3.05, 3.63) is 29.3 Å². The van der Waals surface area contributed by atoms with Gasteiger partial charge < -0.3 is 10.4 Å². The number of carbonyl (C=O) groups is 1. The molecular weight excluding hydrogens is 274 g/mol. The Morgan fingerprint density at radius 3 is 2.95 bits per heavy atom. The quantitative estimate of drug-likeness (QED) is 0.837. The van der Waals surface area contributed by atoms with Gasteiger partial charge in [-0.25, -0.2) is 0 Å². The summed E-state index contributed by atoms with van der Waals surface area (Å²) in [6.07, 6.45) is 4.12. The number of phenolic OH excluding ortho intramolecular Hbond substituents is 1. The van der Waals surface area contributed by atoms with E-state index in [-0.39, 0.29) is 17.2 Å². The minimum Gasteiger partial charge on any atom is -0.508 e. The van der Waals surface area contributed by atoms with Crippen LogP contribution in [0.4, 0.5) is 0 Å². The average molecular weight is 296 g/mol. The first-order chi connectivity index (χ1) is 9.47. The highest BCUT2D eigenvalue weighted by atomic mass is 35.5. The molecule has 1 aromatic carbocycles. The number of carbonyl (C=O) groups excluding carboxylic acids is 1. The zero-order valence-electron chi connectivity index (χ0n) is 12.1. The number of phenols is 1. The van der Waals surface area contributed by atoms with E-state index in [4.69, 9.17) is 11.6 Å². The minimum atomic E-state index is -0.311. The molecule has 3 nitrogen and oxygen atoms in total. The van der Waals surface area contributed by atoms with Gasteiger partial charge in [0.15, 0.2) is 0 Å². The Bertz CT molecular complexity index is 503. The lowest BCUT2D eigenvalue weighted by atomic mass is 9.77. The summed E-state index contributed by atoms with van der Waals surface area (Å²) in [4.78, 5) is 12.5. The summed E-state index contributed by atoms with van der Waals surface area (Å²) in [5, 5.41) is 12.8. The molecule has 2 atom stereocenters. The molecule has 0 aromatic heterocycles. The summed E-state index contributed by atoms with van der Waals surface area (Å²) in [5.41, 5.74) is 0.820. The van der Waals surface area contributed by atoms with Crippen LogP contribution >= 0.6 is 11.6 Å². The maximum Gasteiger partial charge on any atom is 0.252 e. The predicted octanol–water partition coefficient (Wildman–Crippen LogP) is 3.62. The van der Waals surface area contributed by atoms with Crippen molar-refractivity contribution >= 4 is 17.5 Å². The molecule has 2 rings (SSSR count). The van der Waals surface area contributed by atoms with Crippen molar-refractivity contribution in [1.82, 2.24) is 5.32 Å². The fourth-order valence-electron chi connectivity index (χ4n) is 3.11. The van der Waals surface area contributed by atoms with Crippen LogP contribution in [0.25, 0.3) is 0 Å². The van der Waals surface area contributed by atoms with Crippen molar-refractivity contribution in [3.8, 4) is 5.75 Å². The topological polar surface area (TPSA) is 49.3 Å². The Hall–Kier alpha value is -1.22. The van der Waals surface area contributed by atoms with E-state index in [1.165, 1.54) is 6.42 Å². The molecule has 0 saturated heterocycles. The van der Waals surface area contributed by atoms with Gasteiger partial charge in [0, 0.05) is 17.0 Å². The highest BCUT2D eigenvalue weighted by molar-refractivity contribution is 6.19. The number of hydrogen-bond donors (Lipinski definition) is 2. The normalized spacial score (nSPS) is 26.2. The number of benzene rings is 1. The van der Waals surface area contributed by atoms with Gasteiger partial charge in [0.2, 0.25) is 0 Å². The highest BCUT2D eigenvalue weighted by Gasteiger charge is 2.36. The first-order valence-electron chi connectivity index (χ1n) is 7.14. The van der Waals surface area contributed by atoms with E-state index in [1.54, 1.807) is 25.1 Å². The minimum absolute atomic E-state index is 0.145. The van der Waals surface area contributed by atoms with Crippen molar-refractivity contribution in [2.45, 2.75) is 45.1 Å². The van der Waals surface area contributed by atoms with Crippen LogP contribution < -0.4 is 5.32 Å². The molecule has 20 heavy (non-hydrogen) atoms. The molecule has 4 heteroatoms. The van der Waals surface area contributed by atoms with Crippen LogP contribution in [-0.4, -0.2) is 22.4 Å². The SMILES string of the molecule is Cc1c(O)cccc1C(=O)NC1(CCl)CCCC(C)C1. The molecule has 2 unspecified atom stereocenters. The van der Waals surface area contributed by atoms with Gasteiger partial charge in [0.05, 0.1) is 5.54 Å². The number of halogens is 1. The fourth-order valence-corrected chi connectivity index (χ4v) is 3.42. The highest BCUT2D eigenvalue weighted by Crippen LogP contribution is 2.33. The van der Waals surface area contributed by atoms with Crippen molar-refractivity contribution in [1.29, 1.82) is 0 Å². The first-order valence-corrected chi connectivity index (χ1v) is 7.68. The van der Waals surface area contributed by atoms with Crippen LogP contribution in [0.3, 0.4) is 0 Å². The third-order valence-corrected chi connectivity index (χ3v) is 4.79. The molecule has 1 amide bonds. The lowest BCUT2D eigenvalue weighted by molar-refractivity contribution is 0.0866. The number of aromatic hydroxyl groups is 1. The van der Waals surface area contributed by atoms with Crippen LogP contribution in [0.15, 0.2) is 18.2 Å². The summed E-state index contributed by atoms with van der Waals surface area (Å²) < 4.78 is 0. The summed E-state index contributed by atoms with van der Waals surface area (Å²) >= 11 is 6.14. The predicted molar refractivity (Wildman–Crippen MR) is 81.4 cm³/mol. The maximum atomic E-state index is 12.5. The second-order valence-electron chi connectivity index (χ2n) is 6.02. The van der Waals surface area contributed by atoms with Gasteiger partial charge in [0.25, 0.3) is 5.91 Å². The standard InChI is InChI=1S/C16H22ClNO2/c1-11-5-4-8-16(9-11,10-17)18-15(20)13-6-3-7-14(19)12(13)2/h3,6-7,11,19H,4-5,8-10H2,1-2H3,(H,18,20). The third-order valence-electron chi connectivity index (χ3n) is 4.28. The van der Waals surface area contributed by atoms with E-state index in [2.05, 4.69) is 12.2 Å². The molecule has 0 bridgehead atoms. The molecule has 1 aromatic rings. The zero-order valence-corrected chi connectivity index (χ0v) is 12.8. The molecule has 1 aliphatic carbocycles. The Kier molecular flexibility index (Phi) is 4.59. The van der Waals surface area contributed by atoms with Crippen molar-refractivity contribution in [2.24, 2.45) is 5.92 Å². The van der Waals surface area contributed by atoms with Gasteiger partial charge in [-0.1, -0.05) is 25.8 Å². The van der Waals surface area contributed by atoms with Crippen molar-refractivity contribution < 1.29 is 9.90 Å². The van der Waals surface area contributed by atoms with Gasteiger partial charge in [-0.3, -0.25) is 4.79 Å². The number of amides is 1. The lowest BCUT2D eigenvalue weighted by Gasteiger charge is -2.39. The molecule has 0 spiro atoms. The molecule has 0 radical (unpaired) electrons. The summed E-state index contributed by atoms with van der Waals surface area (Å²) in [6, 6.07) is 5.01. The molecule has 1 fully saturated rings. The Labute approximate surface area is 125 Å². The van der Waals surface area contributed by atoms with Gasteiger partial charge in [-0.05, 0) is 37.8 Å². The zero-order chi connectivity index (χ0) is 14.8. The van der Waals surface area contributed by atoms with E-state index in [9.17, 15) is 9.90 Å². The summed E-state index contributed by atoms with van der Waals surface area (Å²) in [7, 11) is 0. The Balaban J connectivity index is 2.19. The molecule has 0 aliphatic heterocycles. The van der Waals surface area contributed by atoms with Gasteiger partial charge in [0.1, 0.15) is 5.75 Å². The number of hydrogen-bond acceptors (Lipinski definition) is 2. The van der Waals surface area contributed by atoms with E-state index < -0.39 is 0 Å². The summed E-state index contributed by atoms with van der Waals surface area (Å²) in [5.74, 6) is 1.01.